The van der Waals surface area contributed by atoms with E-state index in [1.807, 2.05) is 11.3 Å². The van der Waals surface area contributed by atoms with Crippen LogP contribution < -0.4 is 9.75 Å². The Labute approximate surface area is 129 Å². The summed E-state index contributed by atoms with van der Waals surface area (Å²) in [5.41, 5.74) is 4.72. The molecule has 0 radical (unpaired) electrons. The van der Waals surface area contributed by atoms with Gasteiger partial charge in [0.2, 0.25) is 0 Å². The van der Waals surface area contributed by atoms with Crippen LogP contribution in [0.3, 0.4) is 0 Å². The predicted molar refractivity (Wildman–Crippen MR) is 90.5 cm³/mol. The molecular formula is C17H21NS2. The Morgan fingerprint density at radius 1 is 1.30 bits per heavy atom. The highest BCUT2D eigenvalue weighted by atomic mass is 32.2. The topological polar surface area (TPSA) is 3.24 Å². The van der Waals surface area contributed by atoms with Crippen molar-refractivity contribution in [3.05, 3.63) is 31.8 Å². The predicted octanol–water partition coefficient (Wildman–Crippen LogP) is 2.88. The van der Waals surface area contributed by atoms with Crippen LogP contribution in [0.25, 0.3) is 11.0 Å². The summed E-state index contributed by atoms with van der Waals surface area (Å²) in [7, 11) is 0. The number of nitrogens with zero attached hydrogens (tertiary/aromatic N) is 1. The Kier molecular flexibility index (Phi) is 3.32. The zero-order valence-corrected chi connectivity index (χ0v) is 13.9. The maximum atomic E-state index is 2.64. The fourth-order valence-electron chi connectivity index (χ4n) is 3.59. The number of thioether (sulfide) groups is 1. The van der Waals surface area contributed by atoms with Gasteiger partial charge >= 0.3 is 0 Å². The van der Waals surface area contributed by atoms with Gasteiger partial charge in [0, 0.05) is 21.2 Å². The molecule has 1 fully saturated rings. The molecule has 106 valence electrons. The molecule has 0 saturated carbocycles. The summed E-state index contributed by atoms with van der Waals surface area (Å²) in [6.45, 7) is 8.52. The number of aryl methyl sites for hydroxylation is 1. The normalized spacial score (nSPS) is 25.3. The largest absolute Gasteiger partial charge is 0.303 e. The summed E-state index contributed by atoms with van der Waals surface area (Å²) < 4.78 is 1.53. The van der Waals surface area contributed by atoms with Crippen molar-refractivity contribution in [1.82, 2.24) is 4.90 Å². The second-order valence-electron chi connectivity index (χ2n) is 6.13. The number of hydrogen-bond acceptors (Lipinski definition) is 3. The van der Waals surface area contributed by atoms with Gasteiger partial charge in [-0.25, -0.2) is 0 Å². The summed E-state index contributed by atoms with van der Waals surface area (Å²) in [5.74, 6) is 0. The molecule has 1 atom stereocenters. The van der Waals surface area contributed by atoms with Gasteiger partial charge in [-0.15, -0.1) is 23.1 Å². The lowest BCUT2D eigenvalue weighted by Gasteiger charge is -2.16. The van der Waals surface area contributed by atoms with Gasteiger partial charge in [-0.2, -0.15) is 0 Å². The summed E-state index contributed by atoms with van der Waals surface area (Å²) >= 11 is 4.01. The molecule has 0 amide bonds. The van der Waals surface area contributed by atoms with Crippen LogP contribution in [0.15, 0.2) is 16.5 Å². The fourth-order valence-corrected chi connectivity index (χ4v) is 6.13. The van der Waals surface area contributed by atoms with Crippen LogP contribution in [0, 0.1) is 6.92 Å². The third-order valence-corrected chi connectivity index (χ3v) is 7.35. The second-order valence-corrected chi connectivity index (χ2v) is 8.36. The molecule has 0 N–H and O–H groups in total. The minimum atomic E-state index is 0.675. The molecule has 2 aliphatic heterocycles. The molecule has 1 nitrogen and oxygen atoms in total. The average molecular weight is 303 g/mol. The second kappa shape index (κ2) is 5.04. The van der Waals surface area contributed by atoms with Crippen LogP contribution in [0.2, 0.25) is 0 Å². The van der Waals surface area contributed by atoms with Crippen LogP contribution >= 0.6 is 23.1 Å². The smallest absolute Gasteiger partial charge is 0.0487 e. The Hall–Kier alpha value is -0.510. The molecule has 4 rings (SSSR count). The van der Waals surface area contributed by atoms with Crippen molar-refractivity contribution in [3.63, 3.8) is 0 Å². The molecule has 20 heavy (non-hydrogen) atoms. The Balaban J connectivity index is 1.65. The number of hydrogen-bond donors (Lipinski definition) is 0. The van der Waals surface area contributed by atoms with Crippen LogP contribution in [0.4, 0.5) is 0 Å². The molecule has 1 aromatic heterocycles. The van der Waals surface area contributed by atoms with Crippen molar-refractivity contribution in [2.24, 2.45) is 0 Å². The quantitative estimate of drug-likeness (QED) is 0.845. The van der Waals surface area contributed by atoms with Gasteiger partial charge in [0.05, 0.1) is 0 Å². The van der Waals surface area contributed by atoms with Gasteiger partial charge in [-0.3, -0.25) is 0 Å². The molecule has 1 aromatic rings. The lowest BCUT2D eigenvalue weighted by molar-refractivity contribution is 0.342. The molecular weight excluding hydrogens is 282 g/mol. The van der Waals surface area contributed by atoms with E-state index in [9.17, 15) is 0 Å². The minimum Gasteiger partial charge on any atom is -0.303 e. The van der Waals surface area contributed by atoms with Crippen LogP contribution in [0.5, 0.6) is 0 Å². The van der Waals surface area contributed by atoms with Crippen molar-refractivity contribution in [1.29, 1.82) is 0 Å². The van der Waals surface area contributed by atoms with Gasteiger partial charge in [0.1, 0.15) is 0 Å². The van der Waals surface area contributed by atoms with Gasteiger partial charge in [0.15, 0.2) is 0 Å². The summed E-state index contributed by atoms with van der Waals surface area (Å²) in [5, 5.41) is 4.48. The summed E-state index contributed by atoms with van der Waals surface area (Å²) in [6, 6.07) is 0. The van der Waals surface area contributed by atoms with Crippen molar-refractivity contribution >= 4 is 34.1 Å². The maximum Gasteiger partial charge on any atom is 0.0487 e. The minimum absolute atomic E-state index is 0.675. The first kappa shape index (κ1) is 13.2. The zero-order valence-electron chi connectivity index (χ0n) is 12.2. The highest BCUT2D eigenvalue weighted by Crippen LogP contribution is 2.45. The fraction of sp³-hybridized carbons (Fsp3) is 0.529. The van der Waals surface area contributed by atoms with E-state index in [2.05, 4.69) is 42.0 Å². The van der Waals surface area contributed by atoms with E-state index < -0.39 is 0 Å². The highest BCUT2D eigenvalue weighted by Gasteiger charge is 2.29. The van der Waals surface area contributed by atoms with Crippen molar-refractivity contribution in [3.8, 4) is 0 Å². The molecule has 3 aliphatic rings. The standard InChI is InChI=1S/C17H21NS2/c1-11-10-19-16-14(11)9-15-13(12(2)20-17(15)16)5-8-18-6-3-4-7-18/h9-10,12H,3-8H2,1-2H3. The number of fused-ring (bicyclic) bond motifs is 2. The Morgan fingerprint density at radius 2 is 2.10 bits per heavy atom. The zero-order chi connectivity index (χ0) is 13.7. The van der Waals surface area contributed by atoms with Gasteiger partial charge in [-0.1, -0.05) is 0 Å². The van der Waals surface area contributed by atoms with E-state index in [0.717, 1.165) is 0 Å². The van der Waals surface area contributed by atoms with Crippen molar-refractivity contribution < 1.29 is 0 Å². The molecule has 0 aromatic carbocycles. The first-order valence-corrected chi connectivity index (χ1v) is 9.42. The average Bonchev–Trinajstić information content (AvgIpc) is 3.14. The van der Waals surface area contributed by atoms with E-state index in [4.69, 9.17) is 0 Å². The Bertz CT molecular complexity index is 689. The van der Waals surface area contributed by atoms with E-state index in [0.29, 0.717) is 5.25 Å². The lowest BCUT2D eigenvalue weighted by Crippen LogP contribution is -2.21. The summed E-state index contributed by atoms with van der Waals surface area (Å²) in [4.78, 5) is 4.21. The third-order valence-electron chi connectivity index (χ3n) is 4.79. The Morgan fingerprint density at radius 3 is 2.90 bits per heavy atom. The van der Waals surface area contributed by atoms with E-state index in [1.54, 1.807) is 16.1 Å². The molecule has 1 unspecified atom stereocenters. The molecule has 1 aliphatic carbocycles. The third kappa shape index (κ3) is 2.02. The first-order chi connectivity index (χ1) is 9.74. The molecule has 3 heterocycles. The van der Waals surface area contributed by atoms with Crippen molar-refractivity contribution in [2.75, 3.05) is 19.6 Å². The first-order valence-electron chi connectivity index (χ1n) is 7.66. The van der Waals surface area contributed by atoms with Gasteiger partial charge < -0.3 is 4.90 Å². The van der Waals surface area contributed by atoms with E-state index in [-0.39, 0.29) is 0 Å². The summed E-state index contributed by atoms with van der Waals surface area (Å²) in [6.07, 6.45) is 6.52. The van der Waals surface area contributed by atoms with Crippen LogP contribution in [0.1, 0.15) is 31.7 Å². The lowest BCUT2D eigenvalue weighted by atomic mass is 10.0. The maximum absolute atomic E-state index is 2.64. The highest BCUT2D eigenvalue weighted by molar-refractivity contribution is 8.09. The van der Waals surface area contributed by atoms with Gasteiger partial charge in [0.25, 0.3) is 0 Å². The van der Waals surface area contributed by atoms with Gasteiger partial charge in [-0.05, 0) is 79.6 Å². The molecule has 1 saturated heterocycles. The monoisotopic (exact) mass is 303 g/mol. The van der Waals surface area contributed by atoms with E-state index in [1.165, 1.54) is 54.2 Å². The number of thiophene rings is 1. The van der Waals surface area contributed by atoms with Crippen LogP contribution in [-0.4, -0.2) is 29.8 Å². The van der Waals surface area contributed by atoms with Crippen LogP contribution in [-0.2, 0) is 0 Å². The number of likely N-dealkylation sites (tertiary alicyclic amines) is 1. The molecule has 0 bridgehead atoms. The molecule has 0 spiro atoms. The number of rotatable bonds is 3. The van der Waals surface area contributed by atoms with Crippen molar-refractivity contribution in [2.45, 2.75) is 38.4 Å². The molecule has 3 heteroatoms. The SMILES string of the molecule is Cc1csc2c1=CC1=C(CCN3CCCC3)C(C)SC=21. The van der Waals surface area contributed by atoms with E-state index >= 15 is 0 Å².